The summed E-state index contributed by atoms with van der Waals surface area (Å²) in [5, 5.41) is 4.34. The van der Waals surface area contributed by atoms with Crippen molar-refractivity contribution in [2.45, 2.75) is 20.3 Å². The number of thiophene rings is 1. The number of fused-ring (bicyclic) bond motifs is 1. The molecule has 0 atom stereocenters. The van der Waals surface area contributed by atoms with E-state index in [0.717, 1.165) is 11.4 Å². The molecule has 0 spiro atoms. The predicted octanol–water partition coefficient (Wildman–Crippen LogP) is 4.43. The third-order valence-corrected chi connectivity index (χ3v) is 3.78. The van der Waals surface area contributed by atoms with E-state index in [1.807, 2.05) is 0 Å². The van der Waals surface area contributed by atoms with Crippen LogP contribution < -0.4 is 0 Å². The van der Waals surface area contributed by atoms with E-state index in [0.29, 0.717) is 0 Å². The molecule has 0 saturated heterocycles. The lowest BCUT2D eigenvalue weighted by Crippen LogP contribution is -1.84. The van der Waals surface area contributed by atoms with Gasteiger partial charge in [-0.15, -0.1) is 11.3 Å². The molecule has 0 aliphatic heterocycles. The summed E-state index contributed by atoms with van der Waals surface area (Å²) < 4.78 is 1.39. The second kappa shape index (κ2) is 3.32. The summed E-state index contributed by atoms with van der Waals surface area (Å²) in [6, 6.07) is 4.25. The first-order chi connectivity index (χ1) is 6.24. The zero-order chi connectivity index (χ0) is 9.42. The van der Waals surface area contributed by atoms with Gasteiger partial charge in [-0.3, -0.25) is 0 Å². The van der Waals surface area contributed by atoms with Crippen LogP contribution in [0, 0.1) is 6.92 Å². The Morgan fingerprint density at radius 3 is 2.92 bits per heavy atom. The van der Waals surface area contributed by atoms with Crippen LogP contribution in [0.3, 0.4) is 0 Å². The molecule has 0 nitrogen and oxygen atoms in total. The van der Waals surface area contributed by atoms with Crippen LogP contribution in [0.25, 0.3) is 10.1 Å². The summed E-state index contributed by atoms with van der Waals surface area (Å²) in [4.78, 5) is 0. The van der Waals surface area contributed by atoms with Gasteiger partial charge >= 0.3 is 0 Å². The Balaban J connectivity index is 2.87. The Labute approximate surface area is 87.2 Å². The van der Waals surface area contributed by atoms with E-state index in [-0.39, 0.29) is 0 Å². The Morgan fingerprint density at radius 2 is 2.23 bits per heavy atom. The van der Waals surface area contributed by atoms with Gasteiger partial charge in [0.2, 0.25) is 0 Å². The van der Waals surface area contributed by atoms with Crippen LogP contribution in [0.4, 0.5) is 0 Å². The molecule has 2 aromatic rings. The van der Waals surface area contributed by atoms with Gasteiger partial charge in [0.05, 0.1) is 0 Å². The third kappa shape index (κ3) is 1.36. The molecule has 0 bridgehead atoms. The quantitative estimate of drug-likeness (QED) is 0.654. The molecule has 0 N–H and O–H groups in total. The van der Waals surface area contributed by atoms with Gasteiger partial charge in [-0.25, -0.2) is 0 Å². The van der Waals surface area contributed by atoms with Crippen LogP contribution in [0.1, 0.15) is 18.1 Å². The zero-order valence-corrected chi connectivity index (χ0v) is 9.30. The average Bonchev–Trinajstić information content (AvgIpc) is 2.60. The van der Waals surface area contributed by atoms with Crippen molar-refractivity contribution in [3.8, 4) is 0 Å². The average molecular weight is 211 g/mol. The summed E-state index contributed by atoms with van der Waals surface area (Å²) in [6.45, 7) is 4.25. The molecule has 1 aromatic carbocycles. The van der Waals surface area contributed by atoms with Crippen LogP contribution in [-0.4, -0.2) is 0 Å². The molecule has 2 rings (SSSR count). The second-order valence-corrected chi connectivity index (χ2v) is 4.48. The fourth-order valence-electron chi connectivity index (χ4n) is 1.57. The first-order valence-corrected chi connectivity index (χ1v) is 5.65. The molecule has 0 aliphatic rings. The molecule has 0 radical (unpaired) electrons. The lowest BCUT2D eigenvalue weighted by Gasteiger charge is -2.04. The van der Waals surface area contributed by atoms with Gasteiger partial charge in [0.25, 0.3) is 0 Å². The normalized spacial score (nSPS) is 11.0. The van der Waals surface area contributed by atoms with E-state index >= 15 is 0 Å². The molecule has 2 heteroatoms. The topological polar surface area (TPSA) is 0 Å². The largest absolute Gasteiger partial charge is 0.144 e. The van der Waals surface area contributed by atoms with Crippen LogP contribution in [0.15, 0.2) is 17.5 Å². The van der Waals surface area contributed by atoms with Gasteiger partial charge < -0.3 is 0 Å². The molecule has 0 fully saturated rings. The van der Waals surface area contributed by atoms with Gasteiger partial charge in [-0.2, -0.15) is 0 Å². The number of hydrogen-bond acceptors (Lipinski definition) is 1. The van der Waals surface area contributed by atoms with Crippen LogP contribution in [0.2, 0.25) is 5.02 Å². The Hall–Kier alpha value is -0.530. The molecule has 0 aliphatic carbocycles. The highest BCUT2D eigenvalue weighted by Crippen LogP contribution is 2.32. The van der Waals surface area contributed by atoms with Crippen molar-refractivity contribution >= 4 is 33.0 Å². The van der Waals surface area contributed by atoms with Gasteiger partial charge in [0, 0.05) is 9.72 Å². The summed E-state index contributed by atoms with van der Waals surface area (Å²) in [7, 11) is 0. The highest BCUT2D eigenvalue weighted by molar-refractivity contribution is 7.17. The number of halogens is 1. The van der Waals surface area contributed by atoms with Crippen molar-refractivity contribution < 1.29 is 0 Å². The van der Waals surface area contributed by atoms with E-state index in [1.54, 1.807) is 11.3 Å². The van der Waals surface area contributed by atoms with Crippen molar-refractivity contribution in [1.29, 1.82) is 0 Å². The van der Waals surface area contributed by atoms with Crippen LogP contribution in [0.5, 0.6) is 0 Å². The van der Waals surface area contributed by atoms with E-state index in [2.05, 4.69) is 31.4 Å². The minimum absolute atomic E-state index is 0.891. The molecule has 0 amide bonds. The number of aryl methyl sites for hydroxylation is 2. The van der Waals surface area contributed by atoms with E-state index in [9.17, 15) is 0 Å². The molecule has 13 heavy (non-hydrogen) atoms. The molecule has 1 heterocycles. The Morgan fingerprint density at radius 1 is 1.46 bits per heavy atom. The zero-order valence-electron chi connectivity index (χ0n) is 7.73. The monoisotopic (exact) mass is 210 g/mol. The number of benzene rings is 1. The first-order valence-electron chi connectivity index (χ1n) is 4.39. The van der Waals surface area contributed by atoms with Gasteiger partial charge in [-0.1, -0.05) is 18.5 Å². The molecular weight excluding hydrogens is 200 g/mol. The molecule has 68 valence electrons. The van der Waals surface area contributed by atoms with Crippen LogP contribution >= 0.6 is 22.9 Å². The van der Waals surface area contributed by atoms with E-state index < -0.39 is 0 Å². The third-order valence-electron chi connectivity index (χ3n) is 2.40. The molecule has 1 aromatic heterocycles. The fraction of sp³-hybridized carbons (Fsp3) is 0.273. The van der Waals surface area contributed by atoms with Crippen molar-refractivity contribution in [2.75, 3.05) is 0 Å². The SMILES string of the molecule is CCc1cc(Cl)c(C)c2ccsc12. The fourth-order valence-corrected chi connectivity index (χ4v) is 2.85. The Kier molecular flexibility index (Phi) is 2.31. The predicted molar refractivity (Wildman–Crippen MR) is 61.0 cm³/mol. The lowest BCUT2D eigenvalue weighted by molar-refractivity contribution is 1.16. The summed E-state index contributed by atoms with van der Waals surface area (Å²) in [5.74, 6) is 0. The maximum atomic E-state index is 6.13. The lowest BCUT2D eigenvalue weighted by atomic mass is 10.1. The van der Waals surface area contributed by atoms with Crippen molar-refractivity contribution in [3.63, 3.8) is 0 Å². The minimum atomic E-state index is 0.891. The first kappa shape index (κ1) is 9.04. The molecule has 0 unspecified atom stereocenters. The van der Waals surface area contributed by atoms with E-state index in [4.69, 9.17) is 11.6 Å². The minimum Gasteiger partial charge on any atom is -0.144 e. The Bertz CT molecular complexity index is 443. The maximum absolute atomic E-state index is 6.13. The maximum Gasteiger partial charge on any atom is 0.0444 e. The number of hydrogen-bond donors (Lipinski definition) is 0. The van der Waals surface area contributed by atoms with Gasteiger partial charge in [-0.05, 0) is 47.4 Å². The molecular formula is C11H11ClS. The summed E-state index contributed by atoms with van der Waals surface area (Å²) in [5.41, 5.74) is 2.57. The highest BCUT2D eigenvalue weighted by atomic mass is 35.5. The second-order valence-electron chi connectivity index (χ2n) is 3.16. The van der Waals surface area contributed by atoms with Gasteiger partial charge in [0.15, 0.2) is 0 Å². The van der Waals surface area contributed by atoms with Gasteiger partial charge in [0.1, 0.15) is 0 Å². The van der Waals surface area contributed by atoms with Crippen LogP contribution in [-0.2, 0) is 6.42 Å². The van der Waals surface area contributed by atoms with Crippen molar-refractivity contribution in [2.24, 2.45) is 0 Å². The van der Waals surface area contributed by atoms with Crippen molar-refractivity contribution in [3.05, 3.63) is 33.7 Å². The smallest absolute Gasteiger partial charge is 0.0444 e. The standard InChI is InChI=1S/C11H11ClS/c1-3-8-6-10(12)7(2)9-4-5-13-11(8)9/h4-6H,3H2,1-2H3. The van der Waals surface area contributed by atoms with Crippen molar-refractivity contribution in [1.82, 2.24) is 0 Å². The molecule has 0 saturated carbocycles. The number of rotatable bonds is 1. The summed E-state index contributed by atoms with van der Waals surface area (Å²) >= 11 is 7.94. The summed E-state index contributed by atoms with van der Waals surface area (Å²) in [6.07, 6.45) is 1.05. The highest BCUT2D eigenvalue weighted by Gasteiger charge is 2.07. The van der Waals surface area contributed by atoms with E-state index in [1.165, 1.54) is 21.2 Å².